The second-order valence-corrected chi connectivity index (χ2v) is 3.23. The summed E-state index contributed by atoms with van der Waals surface area (Å²) in [7, 11) is 1.53. The molecule has 0 radical (unpaired) electrons. The number of urea groups is 1. The molecule has 0 aliphatic rings. The van der Waals surface area contributed by atoms with Crippen LogP contribution in [0, 0.1) is 0 Å². The first-order valence-electron chi connectivity index (χ1n) is 4.60. The van der Waals surface area contributed by atoms with Gasteiger partial charge in [0.05, 0.1) is 0 Å². The zero-order valence-corrected chi connectivity index (χ0v) is 9.47. The second-order valence-electron chi connectivity index (χ2n) is 2.96. The zero-order chi connectivity index (χ0) is 12.0. The standard InChI is InChI=1S/C10H12ClN3O2/c1-12-10(16)14-8-4-2-7(3-5-8)13-9(15)6-11/h2-5H,6H2,1H3,(H,13,15)(H2,12,14,16). The van der Waals surface area contributed by atoms with Crippen LogP contribution in [0.25, 0.3) is 0 Å². The molecule has 6 heteroatoms. The third kappa shape index (κ3) is 3.78. The molecule has 16 heavy (non-hydrogen) atoms. The van der Waals surface area contributed by atoms with Crippen LogP contribution in [-0.2, 0) is 4.79 Å². The van der Waals surface area contributed by atoms with E-state index in [2.05, 4.69) is 16.0 Å². The molecule has 0 atom stereocenters. The summed E-state index contributed by atoms with van der Waals surface area (Å²) < 4.78 is 0. The summed E-state index contributed by atoms with van der Waals surface area (Å²) in [4.78, 5) is 21.9. The van der Waals surface area contributed by atoms with Gasteiger partial charge in [-0.1, -0.05) is 0 Å². The van der Waals surface area contributed by atoms with Gasteiger partial charge in [0.1, 0.15) is 5.88 Å². The SMILES string of the molecule is CNC(=O)Nc1ccc(NC(=O)CCl)cc1. The quantitative estimate of drug-likeness (QED) is 0.704. The fraction of sp³-hybridized carbons (Fsp3) is 0.200. The van der Waals surface area contributed by atoms with E-state index in [0.29, 0.717) is 11.4 Å². The minimum atomic E-state index is -0.294. The molecule has 0 bridgehead atoms. The molecular weight excluding hydrogens is 230 g/mol. The molecule has 0 aliphatic carbocycles. The Morgan fingerprint density at radius 1 is 1.12 bits per heavy atom. The van der Waals surface area contributed by atoms with Crippen molar-refractivity contribution >= 4 is 34.9 Å². The highest BCUT2D eigenvalue weighted by atomic mass is 35.5. The summed E-state index contributed by atoms with van der Waals surface area (Å²) >= 11 is 5.34. The first kappa shape index (κ1) is 12.3. The van der Waals surface area contributed by atoms with Crippen molar-refractivity contribution in [1.82, 2.24) is 5.32 Å². The van der Waals surface area contributed by atoms with Crippen molar-refractivity contribution in [3.8, 4) is 0 Å². The lowest BCUT2D eigenvalue weighted by atomic mass is 10.3. The van der Waals surface area contributed by atoms with Crippen LogP contribution >= 0.6 is 11.6 Å². The number of benzene rings is 1. The van der Waals surface area contributed by atoms with Gasteiger partial charge < -0.3 is 16.0 Å². The topological polar surface area (TPSA) is 70.2 Å². The van der Waals surface area contributed by atoms with Crippen molar-refractivity contribution in [2.24, 2.45) is 0 Å². The lowest BCUT2D eigenvalue weighted by Gasteiger charge is -2.06. The molecule has 3 N–H and O–H groups in total. The third-order valence-corrected chi connectivity index (χ3v) is 2.02. The van der Waals surface area contributed by atoms with Crippen LogP contribution in [0.4, 0.5) is 16.2 Å². The molecule has 1 aromatic carbocycles. The van der Waals surface area contributed by atoms with E-state index in [1.54, 1.807) is 24.3 Å². The minimum absolute atomic E-state index is 0.0851. The average Bonchev–Trinajstić information content (AvgIpc) is 2.31. The second kappa shape index (κ2) is 5.97. The van der Waals surface area contributed by atoms with E-state index in [4.69, 9.17) is 11.6 Å². The minimum Gasteiger partial charge on any atom is -0.341 e. The van der Waals surface area contributed by atoms with E-state index >= 15 is 0 Å². The van der Waals surface area contributed by atoms with Gasteiger partial charge in [-0.25, -0.2) is 4.79 Å². The predicted molar refractivity (Wildman–Crippen MR) is 63.9 cm³/mol. The Bertz CT molecular complexity index is 341. The maximum Gasteiger partial charge on any atom is 0.318 e. The Hall–Kier alpha value is -1.75. The Labute approximate surface area is 98.2 Å². The number of carbonyl (C=O) groups excluding carboxylic acids is 2. The van der Waals surface area contributed by atoms with Crippen LogP contribution in [0.15, 0.2) is 24.3 Å². The molecule has 0 spiro atoms. The summed E-state index contributed by atoms with van der Waals surface area (Å²) in [6.45, 7) is 0. The van der Waals surface area contributed by atoms with Gasteiger partial charge in [-0.2, -0.15) is 0 Å². The molecule has 0 aliphatic heterocycles. The normalized spacial score (nSPS) is 9.38. The number of alkyl halides is 1. The smallest absolute Gasteiger partial charge is 0.318 e. The molecule has 0 unspecified atom stereocenters. The molecule has 0 aromatic heterocycles. The summed E-state index contributed by atoms with van der Waals surface area (Å²) in [6.07, 6.45) is 0. The summed E-state index contributed by atoms with van der Waals surface area (Å²) in [5.74, 6) is -0.355. The highest BCUT2D eigenvalue weighted by Gasteiger charge is 2.01. The van der Waals surface area contributed by atoms with Gasteiger partial charge in [-0.15, -0.1) is 11.6 Å². The van der Waals surface area contributed by atoms with Crippen molar-refractivity contribution < 1.29 is 9.59 Å². The van der Waals surface area contributed by atoms with E-state index < -0.39 is 0 Å². The van der Waals surface area contributed by atoms with Crippen molar-refractivity contribution in [2.45, 2.75) is 0 Å². The number of amides is 3. The molecule has 86 valence electrons. The Kier molecular flexibility index (Phi) is 4.60. The molecule has 0 fully saturated rings. The molecule has 0 saturated heterocycles. The van der Waals surface area contributed by atoms with Gasteiger partial charge in [-0.05, 0) is 24.3 Å². The van der Waals surface area contributed by atoms with Crippen LogP contribution < -0.4 is 16.0 Å². The van der Waals surface area contributed by atoms with Crippen molar-refractivity contribution in [3.05, 3.63) is 24.3 Å². The molecule has 1 aromatic rings. The van der Waals surface area contributed by atoms with E-state index in [1.807, 2.05) is 0 Å². The number of carbonyl (C=O) groups is 2. The van der Waals surface area contributed by atoms with E-state index in [1.165, 1.54) is 7.05 Å². The molecule has 0 saturated carbocycles. The zero-order valence-electron chi connectivity index (χ0n) is 8.71. The number of hydrogen-bond acceptors (Lipinski definition) is 2. The number of halogens is 1. The first-order chi connectivity index (χ1) is 7.65. The van der Waals surface area contributed by atoms with Crippen LogP contribution in [0.1, 0.15) is 0 Å². The monoisotopic (exact) mass is 241 g/mol. The maximum absolute atomic E-state index is 11.0. The Morgan fingerprint density at radius 3 is 2.06 bits per heavy atom. The lowest BCUT2D eigenvalue weighted by Crippen LogP contribution is -2.24. The molecular formula is C10H12ClN3O2. The number of anilines is 2. The first-order valence-corrected chi connectivity index (χ1v) is 5.13. The molecule has 3 amide bonds. The van der Waals surface area contributed by atoms with Crippen molar-refractivity contribution in [3.63, 3.8) is 0 Å². The van der Waals surface area contributed by atoms with Gasteiger partial charge in [0.2, 0.25) is 5.91 Å². The van der Waals surface area contributed by atoms with Gasteiger partial charge in [0.15, 0.2) is 0 Å². The van der Waals surface area contributed by atoms with E-state index in [0.717, 1.165) is 0 Å². The van der Waals surface area contributed by atoms with E-state index in [-0.39, 0.29) is 17.8 Å². The van der Waals surface area contributed by atoms with Gasteiger partial charge >= 0.3 is 6.03 Å². The molecule has 5 nitrogen and oxygen atoms in total. The molecule has 0 heterocycles. The van der Waals surface area contributed by atoms with Crippen LogP contribution in [0.5, 0.6) is 0 Å². The van der Waals surface area contributed by atoms with Crippen molar-refractivity contribution in [2.75, 3.05) is 23.6 Å². The van der Waals surface area contributed by atoms with Crippen LogP contribution in [0.3, 0.4) is 0 Å². The highest BCUT2D eigenvalue weighted by molar-refractivity contribution is 6.29. The number of rotatable bonds is 3. The van der Waals surface area contributed by atoms with Gasteiger partial charge in [0.25, 0.3) is 0 Å². The fourth-order valence-electron chi connectivity index (χ4n) is 1.02. The Morgan fingerprint density at radius 2 is 1.62 bits per heavy atom. The van der Waals surface area contributed by atoms with Crippen LogP contribution in [0.2, 0.25) is 0 Å². The number of nitrogens with one attached hydrogen (secondary N) is 3. The Balaban J connectivity index is 2.60. The van der Waals surface area contributed by atoms with E-state index in [9.17, 15) is 9.59 Å². The fourth-order valence-corrected chi connectivity index (χ4v) is 1.09. The largest absolute Gasteiger partial charge is 0.341 e. The maximum atomic E-state index is 11.0. The average molecular weight is 242 g/mol. The van der Waals surface area contributed by atoms with Crippen LogP contribution in [-0.4, -0.2) is 24.9 Å². The lowest BCUT2D eigenvalue weighted by molar-refractivity contribution is -0.113. The predicted octanol–water partition coefficient (Wildman–Crippen LogP) is 1.62. The third-order valence-electron chi connectivity index (χ3n) is 1.77. The summed E-state index contributed by atoms with van der Waals surface area (Å²) in [6, 6.07) is 6.42. The van der Waals surface area contributed by atoms with Crippen molar-refractivity contribution in [1.29, 1.82) is 0 Å². The molecule has 1 rings (SSSR count). The number of hydrogen-bond donors (Lipinski definition) is 3. The summed E-state index contributed by atoms with van der Waals surface area (Å²) in [5.41, 5.74) is 1.27. The van der Waals surface area contributed by atoms with Gasteiger partial charge in [0, 0.05) is 18.4 Å². The highest BCUT2D eigenvalue weighted by Crippen LogP contribution is 2.13. The van der Waals surface area contributed by atoms with Gasteiger partial charge in [-0.3, -0.25) is 4.79 Å². The summed E-state index contributed by atoms with van der Waals surface area (Å²) in [5, 5.41) is 7.62.